The van der Waals surface area contributed by atoms with Gasteiger partial charge in [-0.1, -0.05) is 20.8 Å². The molecule has 1 aliphatic heterocycles. The van der Waals surface area contributed by atoms with Crippen LogP contribution in [0.25, 0.3) is 0 Å². The van der Waals surface area contributed by atoms with Crippen LogP contribution in [0.4, 0.5) is 5.82 Å². The van der Waals surface area contributed by atoms with E-state index in [9.17, 15) is 4.79 Å². The SMILES string of the molecule is CCc1cc(N2CCCC(NC(=O)c3cc(C(C)C)oc3C)C2)ncn1. The fourth-order valence-corrected chi connectivity index (χ4v) is 3.33. The van der Waals surface area contributed by atoms with Gasteiger partial charge in [0, 0.05) is 36.8 Å². The second kappa shape index (κ2) is 7.89. The largest absolute Gasteiger partial charge is 0.465 e. The minimum Gasteiger partial charge on any atom is -0.465 e. The molecule has 0 spiro atoms. The van der Waals surface area contributed by atoms with Gasteiger partial charge in [-0.3, -0.25) is 4.79 Å². The molecule has 2 aromatic heterocycles. The van der Waals surface area contributed by atoms with E-state index in [-0.39, 0.29) is 17.9 Å². The lowest BCUT2D eigenvalue weighted by molar-refractivity contribution is 0.0931. The number of nitrogens with zero attached hydrogens (tertiary/aromatic N) is 3. The van der Waals surface area contributed by atoms with Gasteiger partial charge in [-0.2, -0.15) is 0 Å². The summed E-state index contributed by atoms with van der Waals surface area (Å²) in [5.74, 6) is 2.69. The van der Waals surface area contributed by atoms with Gasteiger partial charge in [0.05, 0.1) is 5.56 Å². The Balaban J connectivity index is 1.67. The molecule has 0 saturated carbocycles. The average Bonchev–Trinajstić information content (AvgIpc) is 3.04. The topological polar surface area (TPSA) is 71.3 Å². The lowest BCUT2D eigenvalue weighted by Gasteiger charge is -2.34. The van der Waals surface area contributed by atoms with E-state index in [4.69, 9.17) is 4.42 Å². The van der Waals surface area contributed by atoms with Gasteiger partial charge >= 0.3 is 0 Å². The molecule has 0 aliphatic carbocycles. The normalized spacial score (nSPS) is 17.6. The maximum atomic E-state index is 12.7. The Morgan fingerprint density at radius 3 is 2.88 bits per heavy atom. The zero-order valence-electron chi connectivity index (χ0n) is 16.1. The van der Waals surface area contributed by atoms with Crippen molar-refractivity contribution in [2.75, 3.05) is 18.0 Å². The maximum absolute atomic E-state index is 12.7. The van der Waals surface area contributed by atoms with Gasteiger partial charge in [0.25, 0.3) is 5.91 Å². The highest BCUT2D eigenvalue weighted by Gasteiger charge is 2.25. The van der Waals surface area contributed by atoms with E-state index in [1.807, 2.05) is 19.1 Å². The van der Waals surface area contributed by atoms with Gasteiger partial charge in [-0.05, 0) is 32.3 Å². The van der Waals surface area contributed by atoms with Crippen molar-refractivity contribution in [3.8, 4) is 0 Å². The van der Waals surface area contributed by atoms with Gasteiger partial charge in [0.2, 0.25) is 0 Å². The van der Waals surface area contributed by atoms with Crippen molar-refractivity contribution in [3.63, 3.8) is 0 Å². The van der Waals surface area contributed by atoms with Gasteiger partial charge in [-0.25, -0.2) is 9.97 Å². The standard InChI is InChI=1S/C20H28N4O2/c1-5-15-9-19(22-12-21-15)24-8-6-7-16(11-24)23-20(25)17-10-18(13(2)3)26-14(17)4/h9-10,12-13,16H,5-8,11H2,1-4H3,(H,23,25). The molecule has 1 aliphatic rings. The molecule has 6 nitrogen and oxygen atoms in total. The van der Waals surface area contributed by atoms with Crippen LogP contribution in [0.2, 0.25) is 0 Å². The Morgan fingerprint density at radius 2 is 2.19 bits per heavy atom. The van der Waals surface area contributed by atoms with Crippen LogP contribution < -0.4 is 10.2 Å². The first kappa shape index (κ1) is 18.4. The number of hydrogen-bond acceptors (Lipinski definition) is 5. The number of nitrogens with one attached hydrogen (secondary N) is 1. The summed E-state index contributed by atoms with van der Waals surface area (Å²) in [5.41, 5.74) is 1.68. The van der Waals surface area contributed by atoms with Crippen molar-refractivity contribution in [1.82, 2.24) is 15.3 Å². The Morgan fingerprint density at radius 1 is 1.38 bits per heavy atom. The average molecular weight is 356 g/mol. The number of furan rings is 1. The first-order valence-corrected chi connectivity index (χ1v) is 9.45. The molecular weight excluding hydrogens is 328 g/mol. The monoisotopic (exact) mass is 356 g/mol. The van der Waals surface area contributed by atoms with E-state index < -0.39 is 0 Å². The van der Waals surface area contributed by atoms with Crippen LogP contribution >= 0.6 is 0 Å². The van der Waals surface area contributed by atoms with Crippen LogP contribution in [-0.2, 0) is 6.42 Å². The van der Waals surface area contributed by atoms with Crippen molar-refractivity contribution in [2.24, 2.45) is 0 Å². The molecule has 3 rings (SSSR count). The van der Waals surface area contributed by atoms with Crippen LogP contribution in [0, 0.1) is 6.92 Å². The number of rotatable bonds is 5. The van der Waals surface area contributed by atoms with Gasteiger partial charge < -0.3 is 14.6 Å². The molecule has 6 heteroatoms. The van der Waals surface area contributed by atoms with Crippen LogP contribution in [-0.4, -0.2) is 35.0 Å². The third-order valence-electron chi connectivity index (χ3n) is 4.90. The van der Waals surface area contributed by atoms with Crippen LogP contribution in [0.3, 0.4) is 0 Å². The van der Waals surface area contributed by atoms with E-state index in [0.717, 1.165) is 49.6 Å². The van der Waals surface area contributed by atoms with Crippen molar-refractivity contribution in [3.05, 3.63) is 41.2 Å². The van der Waals surface area contributed by atoms with Gasteiger partial charge in [0.1, 0.15) is 23.7 Å². The van der Waals surface area contributed by atoms with Crippen molar-refractivity contribution in [1.29, 1.82) is 0 Å². The van der Waals surface area contributed by atoms with Crippen molar-refractivity contribution >= 4 is 11.7 Å². The second-order valence-electron chi connectivity index (χ2n) is 7.25. The number of aryl methyl sites for hydroxylation is 2. The minimum absolute atomic E-state index is 0.0538. The fourth-order valence-electron chi connectivity index (χ4n) is 3.33. The molecule has 0 aromatic carbocycles. The predicted molar refractivity (Wildman–Crippen MR) is 102 cm³/mol. The quantitative estimate of drug-likeness (QED) is 0.888. The molecule has 3 heterocycles. The number of anilines is 1. The van der Waals surface area contributed by atoms with Crippen LogP contribution in [0.15, 0.2) is 22.9 Å². The molecule has 1 N–H and O–H groups in total. The van der Waals surface area contributed by atoms with Gasteiger partial charge in [-0.15, -0.1) is 0 Å². The molecule has 1 saturated heterocycles. The summed E-state index contributed by atoms with van der Waals surface area (Å²) in [7, 11) is 0. The third-order valence-corrected chi connectivity index (χ3v) is 4.90. The van der Waals surface area contributed by atoms with E-state index in [2.05, 4.69) is 41.0 Å². The molecule has 1 unspecified atom stereocenters. The number of carbonyl (C=O) groups is 1. The van der Waals surface area contributed by atoms with E-state index in [0.29, 0.717) is 11.3 Å². The Labute approximate surface area is 155 Å². The highest BCUT2D eigenvalue weighted by molar-refractivity contribution is 5.95. The van der Waals surface area contributed by atoms with Crippen LogP contribution in [0.5, 0.6) is 0 Å². The predicted octanol–water partition coefficient (Wildman–Crippen LogP) is 3.46. The maximum Gasteiger partial charge on any atom is 0.255 e. The highest BCUT2D eigenvalue weighted by Crippen LogP contribution is 2.23. The fraction of sp³-hybridized carbons (Fsp3) is 0.550. The Kier molecular flexibility index (Phi) is 5.59. The van der Waals surface area contributed by atoms with Crippen LogP contribution in [0.1, 0.15) is 67.1 Å². The zero-order valence-corrected chi connectivity index (χ0v) is 16.1. The number of piperidine rings is 1. The van der Waals surface area contributed by atoms with E-state index >= 15 is 0 Å². The lowest BCUT2D eigenvalue weighted by Crippen LogP contribution is -2.48. The summed E-state index contributed by atoms with van der Waals surface area (Å²) < 4.78 is 5.71. The molecule has 140 valence electrons. The van der Waals surface area contributed by atoms with Gasteiger partial charge in [0.15, 0.2) is 0 Å². The minimum atomic E-state index is -0.0538. The number of carbonyl (C=O) groups excluding carboxylic acids is 1. The molecule has 2 aromatic rings. The number of aromatic nitrogens is 2. The molecule has 1 fully saturated rings. The van der Waals surface area contributed by atoms with E-state index in [1.54, 1.807) is 6.33 Å². The van der Waals surface area contributed by atoms with E-state index in [1.165, 1.54) is 0 Å². The summed E-state index contributed by atoms with van der Waals surface area (Å²) in [6.45, 7) is 9.77. The zero-order chi connectivity index (χ0) is 18.7. The molecule has 0 radical (unpaired) electrons. The van der Waals surface area contributed by atoms with Crippen molar-refractivity contribution in [2.45, 2.75) is 58.9 Å². The smallest absolute Gasteiger partial charge is 0.255 e. The Hall–Kier alpha value is -2.37. The summed E-state index contributed by atoms with van der Waals surface area (Å²) >= 11 is 0. The third kappa shape index (κ3) is 4.06. The first-order chi connectivity index (χ1) is 12.5. The molecule has 26 heavy (non-hydrogen) atoms. The van der Waals surface area contributed by atoms with Crippen molar-refractivity contribution < 1.29 is 9.21 Å². The molecule has 1 atom stereocenters. The first-order valence-electron chi connectivity index (χ1n) is 9.45. The highest BCUT2D eigenvalue weighted by atomic mass is 16.3. The second-order valence-corrected chi connectivity index (χ2v) is 7.25. The molecule has 1 amide bonds. The molecular formula is C20H28N4O2. The summed E-state index contributed by atoms with van der Waals surface area (Å²) in [6, 6.07) is 4.01. The lowest BCUT2D eigenvalue weighted by atomic mass is 10.0. The molecule has 0 bridgehead atoms. The number of amides is 1. The Bertz CT molecular complexity index is 769. The summed E-state index contributed by atoms with van der Waals surface area (Å²) in [4.78, 5) is 23.6. The summed E-state index contributed by atoms with van der Waals surface area (Å²) in [5, 5.41) is 3.17. The summed E-state index contributed by atoms with van der Waals surface area (Å²) in [6.07, 6.45) is 4.51. The number of hydrogen-bond donors (Lipinski definition) is 1.